The van der Waals surface area contributed by atoms with E-state index in [1.165, 1.54) is 18.4 Å². The molecule has 0 spiro atoms. The molecule has 1 aliphatic rings. The zero-order valence-corrected chi connectivity index (χ0v) is 11.9. The first kappa shape index (κ1) is 13.5. The van der Waals surface area contributed by atoms with Crippen LogP contribution in [0.1, 0.15) is 49.8 Å². The molecule has 0 amide bonds. The monoisotopic (exact) mass is 249 g/mol. The van der Waals surface area contributed by atoms with Crippen LogP contribution in [0.25, 0.3) is 0 Å². The number of rotatable bonds is 5. The second-order valence-electron chi connectivity index (χ2n) is 6.28. The Morgan fingerprint density at radius 1 is 1.22 bits per heavy atom. The van der Waals surface area contributed by atoms with Crippen molar-refractivity contribution in [1.82, 2.24) is 5.32 Å². The third-order valence-corrected chi connectivity index (χ3v) is 3.93. The van der Waals surface area contributed by atoms with Gasteiger partial charge in [0.1, 0.15) is 5.82 Å². The van der Waals surface area contributed by atoms with Gasteiger partial charge in [-0.15, -0.1) is 0 Å². The maximum Gasteiger partial charge on any atom is 0.123 e. The molecule has 1 saturated carbocycles. The summed E-state index contributed by atoms with van der Waals surface area (Å²) < 4.78 is 13.4. The van der Waals surface area contributed by atoms with Crippen molar-refractivity contribution in [2.45, 2.75) is 58.4 Å². The number of hydrogen-bond acceptors (Lipinski definition) is 1. The van der Waals surface area contributed by atoms with E-state index in [1.807, 2.05) is 13.8 Å². The predicted octanol–water partition coefficient (Wildman–Crippen LogP) is 3.86. The fourth-order valence-electron chi connectivity index (χ4n) is 2.98. The zero-order valence-electron chi connectivity index (χ0n) is 11.9. The first-order valence-electron chi connectivity index (χ1n) is 6.91. The normalized spacial score (nSPS) is 16.1. The molecule has 0 bridgehead atoms. The summed E-state index contributed by atoms with van der Waals surface area (Å²) in [6.07, 6.45) is 3.75. The Morgan fingerprint density at radius 3 is 2.28 bits per heavy atom. The van der Waals surface area contributed by atoms with Crippen molar-refractivity contribution in [3.8, 4) is 0 Å². The number of halogens is 1. The van der Waals surface area contributed by atoms with Gasteiger partial charge in [-0.05, 0) is 73.9 Å². The van der Waals surface area contributed by atoms with Crippen molar-refractivity contribution >= 4 is 0 Å². The van der Waals surface area contributed by atoms with Crippen molar-refractivity contribution in [3.63, 3.8) is 0 Å². The molecule has 0 atom stereocenters. The third kappa shape index (κ3) is 3.11. The highest BCUT2D eigenvalue weighted by molar-refractivity contribution is 5.39. The van der Waals surface area contributed by atoms with Crippen molar-refractivity contribution < 1.29 is 4.39 Å². The van der Waals surface area contributed by atoms with Gasteiger partial charge in [0.2, 0.25) is 0 Å². The molecular weight excluding hydrogens is 225 g/mol. The Balaban J connectivity index is 2.11. The molecule has 1 N–H and O–H groups in total. The summed E-state index contributed by atoms with van der Waals surface area (Å²) in [6, 6.07) is 4.06. The summed E-state index contributed by atoms with van der Waals surface area (Å²) in [5, 5.41) is 3.56. The molecule has 0 heterocycles. The Kier molecular flexibility index (Phi) is 3.76. The van der Waals surface area contributed by atoms with Gasteiger partial charge in [0.15, 0.2) is 0 Å². The Bertz CT molecular complexity index is 410. The lowest BCUT2D eigenvalue weighted by Gasteiger charge is -2.29. The largest absolute Gasteiger partial charge is 0.314 e. The van der Waals surface area contributed by atoms with Crippen LogP contribution in [-0.2, 0) is 5.41 Å². The molecular formula is C16H24FN. The van der Waals surface area contributed by atoms with Crippen molar-refractivity contribution in [3.05, 3.63) is 34.6 Å². The average Bonchev–Trinajstić information content (AvgIpc) is 2.98. The van der Waals surface area contributed by atoms with Crippen molar-refractivity contribution in [2.24, 2.45) is 0 Å². The summed E-state index contributed by atoms with van der Waals surface area (Å²) in [6.45, 7) is 9.60. The van der Waals surface area contributed by atoms with Gasteiger partial charge < -0.3 is 5.32 Å². The third-order valence-electron chi connectivity index (χ3n) is 3.93. The van der Waals surface area contributed by atoms with Gasteiger partial charge in [-0.2, -0.15) is 0 Å². The van der Waals surface area contributed by atoms with E-state index in [4.69, 9.17) is 0 Å². The number of nitrogens with one attached hydrogen (secondary N) is 1. The molecule has 0 aliphatic heterocycles. The van der Waals surface area contributed by atoms with Crippen LogP contribution in [0, 0.1) is 19.7 Å². The van der Waals surface area contributed by atoms with Crippen LogP contribution < -0.4 is 5.32 Å². The van der Waals surface area contributed by atoms with Crippen molar-refractivity contribution in [1.29, 1.82) is 0 Å². The van der Waals surface area contributed by atoms with E-state index in [1.54, 1.807) is 12.1 Å². The van der Waals surface area contributed by atoms with E-state index in [2.05, 4.69) is 19.2 Å². The van der Waals surface area contributed by atoms with Crippen LogP contribution in [-0.4, -0.2) is 12.6 Å². The minimum atomic E-state index is -0.124. The van der Waals surface area contributed by atoms with E-state index >= 15 is 0 Å². The summed E-state index contributed by atoms with van der Waals surface area (Å²) in [5.41, 5.74) is 3.55. The molecule has 1 aliphatic carbocycles. The average molecular weight is 249 g/mol. The van der Waals surface area contributed by atoms with E-state index < -0.39 is 0 Å². The molecule has 0 unspecified atom stereocenters. The summed E-state index contributed by atoms with van der Waals surface area (Å²) >= 11 is 0. The number of aryl methyl sites for hydroxylation is 2. The second kappa shape index (κ2) is 5.00. The fraction of sp³-hybridized carbons (Fsp3) is 0.625. The maximum atomic E-state index is 13.4. The van der Waals surface area contributed by atoms with Gasteiger partial charge in [0.25, 0.3) is 0 Å². The number of hydrogen-bond donors (Lipinski definition) is 1. The van der Waals surface area contributed by atoms with Crippen LogP contribution in [0.15, 0.2) is 12.1 Å². The van der Waals surface area contributed by atoms with Crippen molar-refractivity contribution in [2.75, 3.05) is 6.54 Å². The van der Waals surface area contributed by atoms with Crippen LogP contribution >= 0.6 is 0 Å². The van der Waals surface area contributed by atoms with E-state index in [0.29, 0.717) is 0 Å². The van der Waals surface area contributed by atoms with Gasteiger partial charge in [-0.3, -0.25) is 0 Å². The lowest BCUT2D eigenvalue weighted by Crippen LogP contribution is -2.28. The molecule has 0 aromatic heterocycles. The fourth-order valence-corrected chi connectivity index (χ4v) is 2.98. The van der Waals surface area contributed by atoms with Gasteiger partial charge >= 0.3 is 0 Å². The van der Waals surface area contributed by atoms with Crippen LogP contribution in [0.4, 0.5) is 4.39 Å². The van der Waals surface area contributed by atoms with E-state index in [0.717, 1.165) is 30.1 Å². The molecule has 0 radical (unpaired) electrons. The zero-order chi connectivity index (χ0) is 13.3. The Morgan fingerprint density at radius 2 is 1.78 bits per heavy atom. The minimum absolute atomic E-state index is 0.101. The Labute approximate surface area is 110 Å². The molecule has 1 nitrogen and oxygen atoms in total. The van der Waals surface area contributed by atoms with Gasteiger partial charge in [0.05, 0.1) is 0 Å². The SMILES string of the molecule is Cc1cc(F)cc(C)c1C(C)(C)CCNC1CC1. The summed E-state index contributed by atoms with van der Waals surface area (Å²) in [7, 11) is 0. The summed E-state index contributed by atoms with van der Waals surface area (Å²) in [4.78, 5) is 0. The lowest BCUT2D eigenvalue weighted by molar-refractivity contribution is 0.451. The molecule has 2 rings (SSSR count). The second-order valence-corrected chi connectivity index (χ2v) is 6.28. The number of benzene rings is 1. The molecule has 0 saturated heterocycles. The highest BCUT2D eigenvalue weighted by Gasteiger charge is 2.26. The highest BCUT2D eigenvalue weighted by Crippen LogP contribution is 2.33. The summed E-state index contributed by atoms with van der Waals surface area (Å²) in [5.74, 6) is -0.124. The predicted molar refractivity (Wildman–Crippen MR) is 74.5 cm³/mol. The first-order chi connectivity index (χ1) is 8.40. The van der Waals surface area contributed by atoms with Crippen LogP contribution in [0.5, 0.6) is 0 Å². The maximum absolute atomic E-state index is 13.4. The van der Waals surface area contributed by atoms with Gasteiger partial charge in [-0.25, -0.2) is 4.39 Å². The molecule has 1 aromatic rings. The molecule has 18 heavy (non-hydrogen) atoms. The van der Waals surface area contributed by atoms with E-state index in [-0.39, 0.29) is 11.2 Å². The van der Waals surface area contributed by atoms with Gasteiger partial charge in [0, 0.05) is 6.04 Å². The topological polar surface area (TPSA) is 12.0 Å². The lowest BCUT2D eigenvalue weighted by atomic mass is 9.77. The Hall–Kier alpha value is -0.890. The van der Waals surface area contributed by atoms with E-state index in [9.17, 15) is 4.39 Å². The van der Waals surface area contributed by atoms with Crippen LogP contribution in [0.2, 0.25) is 0 Å². The van der Waals surface area contributed by atoms with Gasteiger partial charge in [-0.1, -0.05) is 13.8 Å². The van der Waals surface area contributed by atoms with Crippen LogP contribution in [0.3, 0.4) is 0 Å². The first-order valence-corrected chi connectivity index (χ1v) is 6.91. The minimum Gasteiger partial charge on any atom is -0.314 e. The smallest absolute Gasteiger partial charge is 0.123 e. The quantitative estimate of drug-likeness (QED) is 0.835. The molecule has 1 fully saturated rings. The molecule has 100 valence electrons. The molecule has 1 aromatic carbocycles. The standard InChI is InChI=1S/C16H24FN/c1-11-9-13(17)10-12(2)15(11)16(3,4)7-8-18-14-5-6-14/h9-10,14,18H,5-8H2,1-4H3. The highest BCUT2D eigenvalue weighted by atomic mass is 19.1. The molecule has 2 heteroatoms.